The van der Waals surface area contributed by atoms with Crippen molar-refractivity contribution in [2.45, 2.75) is 13.3 Å². The lowest BCUT2D eigenvalue weighted by atomic mass is 10.1. The second kappa shape index (κ2) is 4.91. The molecule has 0 spiro atoms. The van der Waals surface area contributed by atoms with Gasteiger partial charge in [-0.05, 0) is 12.0 Å². The van der Waals surface area contributed by atoms with Gasteiger partial charge in [-0.15, -0.1) is 11.6 Å². The third kappa shape index (κ3) is 2.42. The van der Waals surface area contributed by atoms with E-state index in [9.17, 15) is 9.59 Å². The van der Waals surface area contributed by atoms with Crippen LogP contribution in [0.1, 0.15) is 22.8 Å². The van der Waals surface area contributed by atoms with Crippen molar-refractivity contribution in [1.29, 1.82) is 0 Å². The minimum absolute atomic E-state index is 0.256. The van der Waals surface area contributed by atoms with Gasteiger partial charge in [0.05, 0.1) is 5.88 Å². The van der Waals surface area contributed by atoms with E-state index in [-0.39, 0.29) is 5.88 Å². The molecule has 2 nitrogen and oxygen atoms in total. The topological polar surface area (TPSA) is 34.1 Å². The highest BCUT2D eigenvalue weighted by Crippen LogP contribution is 2.06. The normalized spacial score (nSPS) is 9.86. The molecule has 14 heavy (non-hydrogen) atoms. The molecule has 0 unspecified atom stereocenters. The summed E-state index contributed by atoms with van der Waals surface area (Å²) in [6, 6.07) is 7.00. The van der Waals surface area contributed by atoms with Crippen LogP contribution < -0.4 is 0 Å². The minimum Gasteiger partial charge on any atom is -0.289 e. The van der Waals surface area contributed by atoms with Gasteiger partial charge in [0.25, 0.3) is 0 Å². The fraction of sp³-hybridized carbons (Fsp3) is 0.273. The van der Waals surface area contributed by atoms with Gasteiger partial charge >= 0.3 is 0 Å². The Bertz CT molecular complexity index is 341. The number of Topliss-reactive ketones (excluding diaryl/α,β-unsaturated/α-hetero) is 2. The van der Waals surface area contributed by atoms with Crippen LogP contribution in [0.25, 0.3) is 0 Å². The molecule has 0 atom stereocenters. The van der Waals surface area contributed by atoms with E-state index in [0.29, 0.717) is 5.56 Å². The summed E-state index contributed by atoms with van der Waals surface area (Å²) in [6.45, 7) is 2.03. The second-order valence-electron chi connectivity index (χ2n) is 2.94. The maximum absolute atomic E-state index is 11.3. The quantitative estimate of drug-likeness (QED) is 0.434. The third-order valence-corrected chi connectivity index (χ3v) is 2.24. The number of alkyl halides is 1. The molecule has 3 heteroatoms. The van der Waals surface area contributed by atoms with Crippen LogP contribution in [0.3, 0.4) is 0 Å². The summed E-state index contributed by atoms with van der Waals surface area (Å²) in [5.41, 5.74) is 1.55. The fourth-order valence-corrected chi connectivity index (χ4v) is 1.23. The lowest BCUT2D eigenvalue weighted by Crippen LogP contribution is -2.15. The molecule has 0 fully saturated rings. The van der Waals surface area contributed by atoms with E-state index in [4.69, 9.17) is 11.6 Å². The number of benzene rings is 1. The van der Waals surface area contributed by atoms with Crippen molar-refractivity contribution < 1.29 is 9.59 Å². The standard InChI is InChI=1S/C11H11ClO2/c1-2-8-3-5-9(6-4-8)11(14)10(13)7-12/h3-6H,2,7H2,1H3. The molecule has 0 bridgehead atoms. The molecule has 0 aliphatic heterocycles. The Morgan fingerprint density at radius 3 is 2.21 bits per heavy atom. The van der Waals surface area contributed by atoms with E-state index in [0.717, 1.165) is 12.0 Å². The van der Waals surface area contributed by atoms with Crippen molar-refractivity contribution in [3.63, 3.8) is 0 Å². The Morgan fingerprint density at radius 1 is 1.21 bits per heavy atom. The first-order valence-electron chi connectivity index (χ1n) is 4.41. The van der Waals surface area contributed by atoms with Gasteiger partial charge in [0.15, 0.2) is 0 Å². The Balaban J connectivity index is 2.87. The molecular weight excluding hydrogens is 200 g/mol. The number of halogens is 1. The molecule has 0 heterocycles. The summed E-state index contributed by atoms with van der Waals surface area (Å²) in [6.07, 6.45) is 0.915. The maximum Gasteiger partial charge on any atom is 0.229 e. The summed E-state index contributed by atoms with van der Waals surface area (Å²) in [4.78, 5) is 22.3. The predicted molar refractivity (Wildman–Crippen MR) is 55.9 cm³/mol. The van der Waals surface area contributed by atoms with Crippen molar-refractivity contribution in [3.05, 3.63) is 35.4 Å². The summed E-state index contributed by atoms with van der Waals surface area (Å²) in [7, 11) is 0. The van der Waals surface area contributed by atoms with Crippen molar-refractivity contribution in [3.8, 4) is 0 Å². The molecule has 0 radical (unpaired) electrons. The van der Waals surface area contributed by atoms with Crippen molar-refractivity contribution in [2.24, 2.45) is 0 Å². The van der Waals surface area contributed by atoms with Crippen molar-refractivity contribution >= 4 is 23.2 Å². The zero-order valence-corrected chi connectivity index (χ0v) is 8.67. The van der Waals surface area contributed by atoms with E-state index in [1.54, 1.807) is 12.1 Å². The smallest absolute Gasteiger partial charge is 0.229 e. The largest absolute Gasteiger partial charge is 0.289 e. The van der Waals surface area contributed by atoms with Crippen LogP contribution >= 0.6 is 11.6 Å². The summed E-state index contributed by atoms with van der Waals surface area (Å²) in [5.74, 6) is -1.33. The molecule has 0 aliphatic rings. The van der Waals surface area contributed by atoms with Crippen LogP contribution in [0.15, 0.2) is 24.3 Å². The summed E-state index contributed by atoms with van der Waals surface area (Å²) >= 11 is 5.28. The number of ketones is 2. The monoisotopic (exact) mass is 210 g/mol. The number of aryl methyl sites for hydroxylation is 1. The average molecular weight is 211 g/mol. The van der Waals surface area contributed by atoms with Crippen LogP contribution in [-0.2, 0) is 11.2 Å². The fourth-order valence-electron chi connectivity index (χ4n) is 1.11. The molecular formula is C11H11ClO2. The van der Waals surface area contributed by atoms with Gasteiger partial charge in [-0.2, -0.15) is 0 Å². The van der Waals surface area contributed by atoms with Gasteiger partial charge in [-0.25, -0.2) is 0 Å². The van der Waals surface area contributed by atoms with Crippen LogP contribution in [0.5, 0.6) is 0 Å². The lowest BCUT2D eigenvalue weighted by molar-refractivity contribution is -0.112. The van der Waals surface area contributed by atoms with Crippen LogP contribution in [0, 0.1) is 0 Å². The third-order valence-electron chi connectivity index (χ3n) is 2.00. The number of carbonyl (C=O) groups is 2. The molecule has 0 aliphatic carbocycles. The Kier molecular flexibility index (Phi) is 3.84. The van der Waals surface area contributed by atoms with E-state index >= 15 is 0 Å². The molecule has 0 amide bonds. The van der Waals surface area contributed by atoms with Gasteiger partial charge in [0.1, 0.15) is 0 Å². The summed E-state index contributed by atoms with van der Waals surface area (Å²) < 4.78 is 0. The van der Waals surface area contributed by atoms with Gasteiger partial charge in [0.2, 0.25) is 11.6 Å². The number of carbonyl (C=O) groups excluding carboxylic acids is 2. The van der Waals surface area contributed by atoms with Crippen LogP contribution in [0.2, 0.25) is 0 Å². The second-order valence-corrected chi connectivity index (χ2v) is 3.20. The highest BCUT2D eigenvalue weighted by Gasteiger charge is 2.13. The first-order valence-corrected chi connectivity index (χ1v) is 4.95. The number of rotatable bonds is 4. The molecule has 1 aromatic carbocycles. The van der Waals surface area contributed by atoms with Crippen molar-refractivity contribution in [1.82, 2.24) is 0 Å². The van der Waals surface area contributed by atoms with E-state index in [1.807, 2.05) is 19.1 Å². The molecule has 0 saturated carbocycles. The zero-order valence-electron chi connectivity index (χ0n) is 7.92. The molecule has 0 N–H and O–H groups in total. The molecule has 1 rings (SSSR count). The van der Waals surface area contributed by atoms with E-state index in [2.05, 4.69) is 0 Å². The molecule has 0 saturated heterocycles. The Labute approximate surface area is 87.9 Å². The molecule has 0 aromatic heterocycles. The minimum atomic E-state index is -0.559. The molecule has 1 aromatic rings. The Hall–Kier alpha value is -1.15. The van der Waals surface area contributed by atoms with Crippen LogP contribution in [-0.4, -0.2) is 17.4 Å². The molecule has 74 valence electrons. The Morgan fingerprint density at radius 2 is 1.79 bits per heavy atom. The summed E-state index contributed by atoms with van der Waals surface area (Å²) in [5, 5.41) is 0. The van der Waals surface area contributed by atoms with E-state index < -0.39 is 11.6 Å². The lowest BCUT2D eigenvalue weighted by Gasteiger charge is -1.99. The van der Waals surface area contributed by atoms with Gasteiger partial charge in [0, 0.05) is 5.56 Å². The number of hydrogen-bond acceptors (Lipinski definition) is 2. The highest BCUT2D eigenvalue weighted by molar-refractivity contribution is 6.51. The van der Waals surface area contributed by atoms with Crippen molar-refractivity contribution in [2.75, 3.05) is 5.88 Å². The zero-order chi connectivity index (χ0) is 10.6. The van der Waals surface area contributed by atoms with Gasteiger partial charge < -0.3 is 0 Å². The first-order chi connectivity index (χ1) is 6.69. The number of hydrogen-bond donors (Lipinski definition) is 0. The predicted octanol–water partition coefficient (Wildman–Crippen LogP) is 2.24. The van der Waals surface area contributed by atoms with Gasteiger partial charge in [-0.3, -0.25) is 9.59 Å². The van der Waals surface area contributed by atoms with Crippen LogP contribution in [0.4, 0.5) is 0 Å². The van der Waals surface area contributed by atoms with Gasteiger partial charge in [-0.1, -0.05) is 31.2 Å². The SMILES string of the molecule is CCc1ccc(C(=O)C(=O)CCl)cc1. The first kappa shape index (κ1) is 10.9. The highest BCUT2D eigenvalue weighted by atomic mass is 35.5. The average Bonchev–Trinajstić information content (AvgIpc) is 2.27. The maximum atomic E-state index is 11.3. The van der Waals surface area contributed by atoms with E-state index in [1.165, 1.54) is 0 Å².